The fourth-order valence-electron chi connectivity index (χ4n) is 2.21. The summed E-state index contributed by atoms with van der Waals surface area (Å²) in [5.41, 5.74) is 2.19. The number of amides is 1. The summed E-state index contributed by atoms with van der Waals surface area (Å²) in [6.45, 7) is 0.536. The lowest BCUT2D eigenvalue weighted by atomic mass is 10.1. The van der Waals surface area contributed by atoms with Gasteiger partial charge in [0.2, 0.25) is 5.91 Å². The first-order valence-electron chi connectivity index (χ1n) is 6.35. The van der Waals surface area contributed by atoms with Crippen LogP contribution in [0.25, 0.3) is 0 Å². The van der Waals surface area contributed by atoms with E-state index in [1.807, 2.05) is 18.2 Å². The number of nitrogens with one attached hydrogen (secondary N) is 1. The average Bonchev–Trinajstić information content (AvgIpc) is 2.76. The van der Waals surface area contributed by atoms with Crippen LogP contribution >= 0.6 is 0 Å². The quantitative estimate of drug-likeness (QED) is 0.779. The van der Waals surface area contributed by atoms with E-state index in [4.69, 9.17) is 4.74 Å². The third-order valence-electron chi connectivity index (χ3n) is 3.26. The summed E-state index contributed by atoms with van der Waals surface area (Å²) < 4.78 is 5.60. The molecule has 0 radical (unpaired) electrons. The molecule has 0 saturated carbocycles. The van der Waals surface area contributed by atoms with Gasteiger partial charge in [-0.15, -0.1) is 0 Å². The smallest absolute Gasteiger partial charge is 0.219 e. The number of carbonyl (C=O) groups excluding carboxylic acids is 1. The van der Waals surface area contributed by atoms with E-state index in [-0.39, 0.29) is 12.0 Å². The molecule has 4 nitrogen and oxygen atoms in total. The summed E-state index contributed by atoms with van der Waals surface area (Å²) in [4.78, 5) is 11.0. The van der Waals surface area contributed by atoms with E-state index in [1.165, 1.54) is 5.56 Å². The second kappa shape index (κ2) is 5.87. The molecule has 1 aromatic carbocycles. The minimum Gasteiger partial charge on any atom is -0.494 e. The number of rotatable bonds is 5. The summed E-state index contributed by atoms with van der Waals surface area (Å²) in [5, 5.41) is 12.3. The number of aryl methyl sites for hydroxylation is 1. The standard InChI is InChI=1S/C14H19NO3/c1-15-14(17)3-2-8-18-11-5-6-12-10(9-11)4-7-13(12)16/h5-6,9,13,16H,2-4,7-8H2,1H3,(H,15,17)/t13-/m0/s1. The largest absolute Gasteiger partial charge is 0.494 e. The Balaban J connectivity index is 1.82. The number of carbonyl (C=O) groups is 1. The average molecular weight is 249 g/mol. The molecule has 0 aromatic heterocycles. The molecule has 2 N–H and O–H groups in total. The minimum atomic E-state index is -0.317. The predicted octanol–water partition coefficient (Wildman–Crippen LogP) is 1.57. The van der Waals surface area contributed by atoms with Crippen molar-refractivity contribution in [1.82, 2.24) is 5.32 Å². The van der Waals surface area contributed by atoms with Crippen molar-refractivity contribution in [1.29, 1.82) is 0 Å². The zero-order chi connectivity index (χ0) is 13.0. The Labute approximate surface area is 107 Å². The molecular weight excluding hydrogens is 230 g/mol. The molecule has 0 bridgehead atoms. The van der Waals surface area contributed by atoms with Crippen molar-refractivity contribution in [3.8, 4) is 5.75 Å². The molecule has 0 saturated heterocycles. The van der Waals surface area contributed by atoms with Gasteiger partial charge in [0, 0.05) is 13.5 Å². The van der Waals surface area contributed by atoms with Gasteiger partial charge in [0.25, 0.3) is 0 Å². The van der Waals surface area contributed by atoms with Crippen molar-refractivity contribution in [2.24, 2.45) is 0 Å². The predicted molar refractivity (Wildman–Crippen MR) is 68.5 cm³/mol. The van der Waals surface area contributed by atoms with Gasteiger partial charge in [-0.2, -0.15) is 0 Å². The first-order valence-corrected chi connectivity index (χ1v) is 6.35. The number of aliphatic hydroxyl groups excluding tert-OH is 1. The summed E-state index contributed by atoms with van der Waals surface area (Å²) in [6, 6.07) is 5.81. The molecule has 18 heavy (non-hydrogen) atoms. The van der Waals surface area contributed by atoms with E-state index in [1.54, 1.807) is 7.05 Å². The van der Waals surface area contributed by atoms with Gasteiger partial charge in [-0.05, 0) is 42.5 Å². The van der Waals surface area contributed by atoms with Crippen molar-refractivity contribution >= 4 is 5.91 Å². The van der Waals surface area contributed by atoms with Gasteiger partial charge >= 0.3 is 0 Å². The number of benzene rings is 1. The summed E-state index contributed by atoms with van der Waals surface area (Å²) in [7, 11) is 1.63. The topological polar surface area (TPSA) is 58.6 Å². The van der Waals surface area contributed by atoms with Crippen LogP contribution < -0.4 is 10.1 Å². The van der Waals surface area contributed by atoms with E-state index in [2.05, 4.69) is 5.32 Å². The van der Waals surface area contributed by atoms with Crippen LogP contribution in [0.4, 0.5) is 0 Å². The lowest BCUT2D eigenvalue weighted by Crippen LogP contribution is -2.18. The number of ether oxygens (including phenoxy) is 1. The van der Waals surface area contributed by atoms with Crippen LogP contribution in [0.15, 0.2) is 18.2 Å². The Kier molecular flexibility index (Phi) is 4.20. The van der Waals surface area contributed by atoms with Gasteiger partial charge in [-0.3, -0.25) is 4.79 Å². The molecule has 0 heterocycles. The maximum atomic E-state index is 11.0. The molecule has 1 aliphatic carbocycles. The lowest BCUT2D eigenvalue weighted by Gasteiger charge is -2.08. The highest BCUT2D eigenvalue weighted by molar-refractivity contribution is 5.75. The molecule has 98 valence electrons. The summed E-state index contributed by atoms with van der Waals surface area (Å²) >= 11 is 0. The fourth-order valence-corrected chi connectivity index (χ4v) is 2.21. The lowest BCUT2D eigenvalue weighted by molar-refractivity contribution is -0.120. The van der Waals surface area contributed by atoms with Gasteiger partial charge < -0.3 is 15.2 Å². The number of aliphatic hydroxyl groups is 1. The monoisotopic (exact) mass is 249 g/mol. The molecular formula is C14H19NO3. The number of hydrogen-bond donors (Lipinski definition) is 2. The second-order valence-electron chi connectivity index (χ2n) is 4.54. The Morgan fingerprint density at radius 1 is 1.56 bits per heavy atom. The minimum absolute atomic E-state index is 0.0377. The van der Waals surface area contributed by atoms with Crippen LogP contribution in [0.1, 0.15) is 36.5 Å². The summed E-state index contributed by atoms with van der Waals surface area (Å²) in [5.74, 6) is 0.857. The first-order chi connectivity index (χ1) is 8.70. The maximum absolute atomic E-state index is 11.0. The van der Waals surface area contributed by atoms with Gasteiger partial charge in [0.15, 0.2) is 0 Å². The molecule has 0 spiro atoms. The molecule has 1 aromatic rings. The highest BCUT2D eigenvalue weighted by atomic mass is 16.5. The molecule has 0 aliphatic heterocycles. The van der Waals surface area contributed by atoms with Crippen LogP contribution in [0.3, 0.4) is 0 Å². The van der Waals surface area contributed by atoms with Gasteiger partial charge in [0.05, 0.1) is 12.7 Å². The molecule has 1 amide bonds. The Morgan fingerprint density at radius 2 is 2.39 bits per heavy atom. The van der Waals surface area contributed by atoms with Gasteiger partial charge in [-0.25, -0.2) is 0 Å². The van der Waals surface area contributed by atoms with Gasteiger partial charge in [0.1, 0.15) is 5.75 Å². The van der Waals surface area contributed by atoms with Crippen molar-refractivity contribution in [2.45, 2.75) is 31.8 Å². The van der Waals surface area contributed by atoms with Crippen LogP contribution in [-0.2, 0) is 11.2 Å². The van der Waals surface area contributed by atoms with Crippen LogP contribution in [0.2, 0.25) is 0 Å². The Hall–Kier alpha value is -1.55. The molecule has 2 rings (SSSR count). The highest BCUT2D eigenvalue weighted by Crippen LogP contribution is 2.33. The van der Waals surface area contributed by atoms with Crippen molar-refractivity contribution in [2.75, 3.05) is 13.7 Å². The highest BCUT2D eigenvalue weighted by Gasteiger charge is 2.20. The van der Waals surface area contributed by atoms with Crippen LogP contribution in [-0.4, -0.2) is 24.7 Å². The first kappa shape index (κ1) is 12.9. The second-order valence-corrected chi connectivity index (χ2v) is 4.54. The van der Waals surface area contributed by atoms with Crippen molar-refractivity contribution in [3.05, 3.63) is 29.3 Å². The van der Waals surface area contributed by atoms with Crippen LogP contribution in [0, 0.1) is 0 Å². The third-order valence-corrected chi connectivity index (χ3v) is 3.26. The molecule has 1 atom stereocenters. The molecule has 0 fully saturated rings. The zero-order valence-electron chi connectivity index (χ0n) is 10.6. The third kappa shape index (κ3) is 3.01. The Morgan fingerprint density at radius 3 is 3.17 bits per heavy atom. The normalized spacial score (nSPS) is 17.3. The number of hydrogen-bond acceptors (Lipinski definition) is 3. The fraction of sp³-hybridized carbons (Fsp3) is 0.500. The maximum Gasteiger partial charge on any atom is 0.219 e. The van der Waals surface area contributed by atoms with Crippen molar-refractivity contribution in [3.63, 3.8) is 0 Å². The summed E-state index contributed by atoms with van der Waals surface area (Å²) in [6.07, 6.45) is 2.59. The van der Waals surface area contributed by atoms with E-state index < -0.39 is 0 Å². The zero-order valence-corrected chi connectivity index (χ0v) is 10.6. The van der Waals surface area contributed by atoms with Crippen LogP contribution in [0.5, 0.6) is 5.75 Å². The SMILES string of the molecule is CNC(=O)CCCOc1ccc2c(c1)CC[C@@H]2O. The van der Waals surface area contributed by atoms with E-state index in [0.717, 1.165) is 24.2 Å². The Bertz CT molecular complexity index is 431. The van der Waals surface area contributed by atoms with E-state index >= 15 is 0 Å². The molecule has 1 aliphatic rings. The number of fused-ring (bicyclic) bond motifs is 1. The van der Waals surface area contributed by atoms with E-state index in [9.17, 15) is 9.90 Å². The molecule has 0 unspecified atom stereocenters. The molecule has 4 heteroatoms. The van der Waals surface area contributed by atoms with Gasteiger partial charge in [-0.1, -0.05) is 6.07 Å². The van der Waals surface area contributed by atoms with E-state index in [0.29, 0.717) is 19.4 Å². The van der Waals surface area contributed by atoms with Crippen molar-refractivity contribution < 1.29 is 14.6 Å².